The monoisotopic (exact) mass is 274 g/mol. The molecule has 0 aromatic carbocycles. The van der Waals surface area contributed by atoms with Crippen molar-refractivity contribution in [1.29, 1.82) is 0 Å². The van der Waals surface area contributed by atoms with Crippen LogP contribution in [0.15, 0.2) is 0 Å². The van der Waals surface area contributed by atoms with Crippen molar-refractivity contribution in [2.24, 2.45) is 5.92 Å². The SMILES string of the molecule is CC(C)[Si](O[C@@H]1CO[C@@H](O)[C@H]1C)(C(C)C)C(C)C. The summed E-state index contributed by atoms with van der Waals surface area (Å²) in [5.74, 6) is 0.0770. The molecule has 1 N–H and O–H groups in total. The smallest absolute Gasteiger partial charge is 0.200 e. The fourth-order valence-electron chi connectivity index (χ4n) is 3.49. The average molecular weight is 274 g/mol. The highest BCUT2D eigenvalue weighted by Gasteiger charge is 2.49. The molecule has 0 aromatic rings. The van der Waals surface area contributed by atoms with Crippen molar-refractivity contribution >= 4 is 8.32 Å². The van der Waals surface area contributed by atoms with Gasteiger partial charge < -0.3 is 14.3 Å². The van der Waals surface area contributed by atoms with Crippen LogP contribution in [-0.4, -0.2) is 32.4 Å². The third-order valence-corrected chi connectivity index (χ3v) is 10.7. The maximum absolute atomic E-state index is 9.69. The maximum Gasteiger partial charge on any atom is 0.200 e. The first-order valence-corrected chi connectivity index (χ1v) is 9.35. The third kappa shape index (κ3) is 2.82. The van der Waals surface area contributed by atoms with Crippen LogP contribution in [0.2, 0.25) is 16.6 Å². The van der Waals surface area contributed by atoms with E-state index in [1.54, 1.807) is 0 Å². The topological polar surface area (TPSA) is 38.7 Å². The molecule has 0 radical (unpaired) electrons. The van der Waals surface area contributed by atoms with Gasteiger partial charge in [-0.1, -0.05) is 48.5 Å². The van der Waals surface area contributed by atoms with Gasteiger partial charge in [0.05, 0.1) is 12.7 Å². The summed E-state index contributed by atoms with van der Waals surface area (Å²) in [6, 6.07) is 0. The molecule has 1 saturated heterocycles. The van der Waals surface area contributed by atoms with Crippen molar-refractivity contribution in [3.8, 4) is 0 Å². The van der Waals surface area contributed by atoms with E-state index >= 15 is 0 Å². The fraction of sp³-hybridized carbons (Fsp3) is 1.00. The Morgan fingerprint density at radius 1 is 1.06 bits per heavy atom. The number of rotatable bonds is 5. The Morgan fingerprint density at radius 3 is 1.78 bits per heavy atom. The Hall–Kier alpha value is 0.0969. The fourth-order valence-corrected chi connectivity index (χ4v) is 9.12. The molecule has 0 unspecified atom stereocenters. The molecule has 0 bridgehead atoms. The molecule has 1 rings (SSSR count). The van der Waals surface area contributed by atoms with Gasteiger partial charge in [-0.05, 0) is 16.6 Å². The third-order valence-electron chi connectivity index (χ3n) is 4.53. The summed E-state index contributed by atoms with van der Waals surface area (Å²) >= 11 is 0. The van der Waals surface area contributed by atoms with E-state index in [0.29, 0.717) is 23.2 Å². The highest BCUT2D eigenvalue weighted by Crippen LogP contribution is 2.44. The van der Waals surface area contributed by atoms with E-state index in [1.807, 2.05) is 6.92 Å². The van der Waals surface area contributed by atoms with Crippen LogP contribution in [0.3, 0.4) is 0 Å². The van der Waals surface area contributed by atoms with E-state index < -0.39 is 14.6 Å². The van der Waals surface area contributed by atoms with Gasteiger partial charge in [0.2, 0.25) is 8.32 Å². The molecule has 18 heavy (non-hydrogen) atoms. The highest BCUT2D eigenvalue weighted by molar-refractivity contribution is 6.77. The summed E-state index contributed by atoms with van der Waals surface area (Å²) in [6.07, 6.45) is -0.605. The second-order valence-electron chi connectivity index (χ2n) is 6.56. The van der Waals surface area contributed by atoms with Crippen LogP contribution in [-0.2, 0) is 9.16 Å². The molecule has 1 fully saturated rings. The first-order chi connectivity index (χ1) is 8.23. The Morgan fingerprint density at radius 2 is 1.50 bits per heavy atom. The quantitative estimate of drug-likeness (QED) is 0.779. The van der Waals surface area contributed by atoms with Gasteiger partial charge in [-0.3, -0.25) is 0 Å². The number of aliphatic hydroxyl groups is 1. The summed E-state index contributed by atoms with van der Waals surface area (Å²) in [5, 5.41) is 9.69. The molecule has 4 heteroatoms. The molecule has 3 nitrogen and oxygen atoms in total. The average Bonchev–Trinajstić information content (AvgIpc) is 2.55. The summed E-state index contributed by atoms with van der Waals surface area (Å²) in [7, 11) is -1.86. The van der Waals surface area contributed by atoms with Crippen molar-refractivity contribution in [3.63, 3.8) is 0 Å². The van der Waals surface area contributed by atoms with Crippen LogP contribution >= 0.6 is 0 Å². The second-order valence-corrected chi connectivity index (χ2v) is 12.0. The minimum absolute atomic E-state index is 0.0545. The van der Waals surface area contributed by atoms with E-state index in [-0.39, 0.29) is 12.0 Å². The van der Waals surface area contributed by atoms with Gasteiger partial charge in [-0.2, -0.15) is 0 Å². The second kappa shape index (κ2) is 6.03. The zero-order valence-corrected chi connectivity index (χ0v) is 13.9. The lowest BCUT2D eigenvalue weighted by atomic mass is 10.1. The van der Waals surface area contributed by atoms with Crippen LogP contribution in [0.25, 0.3) is 0 Å². The molecular weight excluding hydrogens is 244 g/mol. The Balaban J connectivity index is 2.92. The van der Waals surface area contributed by atoms with Crippen molar-refractivity contribution in [1.82, 2.24) is 0 Å². The molecule has 0 aliphatic carbocycles. The van der Waals surface area contributed by atoms with Crippen molar-refractivity contribution in [2.75, 3.05) is 6.61 Å². The van der Waals surface area contributed by atoms with Gasteiger partial charge in [0.15, 0.2) is 6.29 Å². The molecule has 0 saturated carbocycles. The number of hydrogen-bond acceptors (Lipinski definition) is 3. The number of hydrogen-bond donors (Lipinski definition) is 1. The van der Waals surface area contributed by atoms with Gasteiger partial charge in [-0.25, -0.2) is 0 Å². The van der Waals surface area contributed by atoms with Crippen molar-refractivity contribution in [2.45, 2.75) is 77.5 Å². The summed E-state index contributed by atoms with van der Waals surface area (Å²) in [6.45, 7) is 16.2. The summed E-state index contributed by atoms with van der Waals surface area (Å²) in [4.78, 5) is 0. The first kappa shape index (κ1) is 16.2. The summed E-state index contributed by atoms with van der Waals surface area (Å²) < 4.78 is 11.9. The first-order valence-electron chi connectivity index (χ1n) is 7.20. The molecule has 3 atom stereocenters. The lowest BCUT2D eigenvalue weighted by Crippen LogP contribution is -2.51. The molecule has 1 aliphatic heterocycles. The van der Waals surface area contributed by atoms with Gasteiger partial charge in [0.25, 0.3) is 0 Å². The maximum atomic E-state index is 9.69. The van der Waals surface area contributed by atoms with Crippen LogP contribution in [0.5, 0.6) is 0 Å². The predicted molar refractivity (Wildman–Crippen MR) is 77.0 cm³/mol. The summed E-state index contributed by atoms with van der Waals surface area (Å²) in [5.41, 5.74) is 1.72. The van der Waals surface area contributed by atoms with E-state index in [0.717, 1.165) is 0 Å². The molecule has 108 valence electrons. The molecule has 1 heterocycles. The van der Waals surface area contributed by atoms with Crippen LogP contribution < -0.4 is 0 Å². The minimum atomic E-state index is -1.86. The standard InChI is InChI=1S/C14H30O3Si/c1-9(2)18(10(3)4,11(5)6)17-13-8-16-14(15)12(13)7/h9-15H,8H2,1-7H3/t12-,13+,14+/m0/s1. The molecule has 0 amide bonds. The predicted octanol–water partition coefficient (Wildman–Crippen LogP) is 3.53. The van der Waals surface area contributed by atoms with Crippen LogP contribution in [0, 0.1) is 5.92 Å². The van der Waals surface area contributed by atoms with Gasteiger partial charge in [0.1, 0.15) is 0 Å². The molecular formula is C14H30O3Si. The lowest BCUT2D eigenvalue weighted by molar-refractivity contribution is -0.0788. The van der Waals surface area contributed by atoms with Crippen LogP contribution in [0.1, 0.15) is 48.5 Å². The zero-order chi connectivity index (χ0) is 14.1. The largest absolute Gasteiger partial charge is 0.410 e. The number of aliphatic hydroxyl groups excluding tert-OH is 1. The van der Waals surface area contributed by atoms with E-state index in [9.17, 15) is 5.11 Å². The minimum Gasteiger partial charge on any atom is -0.410 e. The Labute approximate surface area is 113 Å². The molecule has 0 aromatic heterocycles. The van der Waals surface area contributed by atoms with E-state index in [1.165, 1.54) is 0 Å². The van der Waals surface area contributed by atoms with E-state index in [4.69, 9.17) is 9.16 Å². The van der Waals surface area contributed by atoms with Crippen molar-refractivity contribution < 1.29 is 14.3 Å². The Bertz CT molecular complexity index is 244. The van der Waals surface area contributed by atoms with Crippen molar-refractivity contribution in [3.05, 3.63) is 0 Å². The molecule has 1 aliphatic rings. The van der Waals surface area contributed by atoms with Gasteiger partial charge >= 0.3 is 0 Å². The highest BCUT2D eigenvalue weighted by atomic mass is 28.4. The zero-order valence-electron chi connectivity index (χ0n) is 12.9. The molecule has 0 spiro atoms. The van der Waals surface area contributed by atoms with Gasteiger partial charge in [0, 0.05) is 5.92 Å². The van der Waals surface area contributed by atoms with Gasteiger partial charge in [-0.15, -0.1) is 0 Å². The normalized spacial score (nSPS) is 29.8. The number of ether oxygens (including phenoxy) is 1. The lowest BCUT2D eigenvalue weighted by Gasteiger charge is -2.44. The van der Waals surface area contributed by atoms with E-state index in [2.05, 4.69) is 41.5 Å². The Kier molecular flexibility index (Phi) is 5.41. The van der Waals surface area contributed by atoms with Crippen LogP contribution in [0.4, 0.5) is 0 Å².